The molecule has 1 aromatic heterocycles. The molecule has 0 saturated heterocycles. The van der Waals surface area contributed by atoms with E-state index in [2.05, 4.69) is 15.1 Å². The first-order valence-electron chi connectivity index (χ1n) is 6.84. The molecule has 2 rings (SSSR count). The molecule has 0 atom stereocenters. The second-order valence-corrected chi connectivity index (χ2v) is 5.45. The van der Waals surface area contributed by atoms with Gasteiger partial charge in [-0.1, -0.05) is 12.8 Å². The monoisotopic (exact) mass is 265 g/mol. The zero-order valence-corrected chi connectivity index (χ0v) is 11.7. The zero-order valence-electron chi connectivity index (χ0n) is 11.7. The molecule has 0 bridgehead atoms. The second kappa shape index (κ2) is 6.06. The molecule has 1 aliphatic rings. The van der Waals surface area contributed by atoms with Crippen LogP contribution in [-0.4, -0.2) is 59.1 Å². The summed E-state index contributed by atoms with van der Waals surface area (Å²) < 4.78 is 0. The molecule has 0 aromatic carbocycles. The quantitative estimate of drug-likeness (QED) is 0.830. The highest BCUT2D eigenvalue weighted by Gasteiger charge is 2.28. The summed E-state index contributed by atoms with van der Waals surface area (Å²) in [5.41, 5.74) is 6.06. The molecule has 1 amide bonds. The van der Waals surface area contributed by atoms with Crippen molar-refractivity contribution in [2.24, 2.45) is 0 Å². The summed E-state index contributed by atoms with van der Waals surface area (Å²) in [6, 6.07) is 1.97. The number of hydrogen-bond donors (Lipinski definition) is 2. The predicted octanol–water partition coefficient (Wildman–Crippen LogP) is 0.938. The smallest absolute Gasteiger partial charge is 0.272 e. The molecule has 6 heteroatoms. The van der Waals surface area contributed by atoms with Gasteiger partial charge in [0.25, 0.3) is 5.91 Å². The number of H-pyrrole nitrogens is 1. The van der Waals surface area contributed by atoms with E-state index in [0.29, 0.717) is 17.6 Å². The van der Waals surface area contributed by atoms with Crippen LogP contribution in [0.4, 0.5) is 5.82 Å². The molecule has 0 spiro atoms. The van der Waals surface area contributed by atoms with E-state index in [4.69, 9.17) is 5.73 Å². The fourth-order valence-electron chi connectivity index (χ4n) is 2.58. The van der Waals surface area contributed by atoms with E-state index in [1.807, 2.05) is 19.0 Å². The van der Waals surface area contributed by atoms with Gasteiger partial charge >= 0.3 is 0 Å². The van der Waals surface area contributed by atoms with Crippen molar-refractivity contribution in [3.8, 4) is 0 Å². The molecular formula is C13H23N5O. The lowest BCUT2D eigenvalue weighted by Crippen LogP contribution is -2.42. The van der Waals surface area contributed by atoms with Crippen molar-refractivity contribution >= 4 is 11.7 Å². The van der Waals surface area contributed by atoms with Gasteiger partial charge in [0.1, 0.15) is 11.5 Å². The third kappa shape index (κ3) is 3.47. The standard InChI is InChI=1S/C13H23N5O/c1-17(2)7-8-18(10-5-3-4-6-10)13(19)11-9-12(14)16-15-11/h9-10H,3-8H2,1-2H3,(H3,14,15,16). The number of nitrogens with zero attached hydrogens (tertiary/aromatic N) is 3. The van der Waals surface area contributed by atoms with Crippen LogP contribution in [0.2, 0.25) is 0 Å². The third-order valence-corrected chi connectivity index (χ3v) is 3.64. The van der Waals surface area contributed by atoms with Gasteiger partial charge in [-0.05, 0) is 26.9 Å². The topological polar surface area (TPSA) is 78.2 Å². The highest BCUT2D eigenvalue weighted by molar-refractivity contribution is 5.93. The van der Waals surface area contributed by atoms with Crippen LogP contribution < -0.4 is 5.73 Å². The molecule has 6 nitrogen and oxygen atoms in total. The Balaban J connectivity index is 2.09. The summed E-state index contributed by atoms with van der Waals surface area (Å²) in [5, 5.41) is 6.55. The van der Waals surface area contributed by atoms with E-state index in [1.54, 1.807) is 6.07 Å². The van der Waals surface area contributed by atoms with Crippen molar-refractivity contribution in [3.05, 3.63) is 11.8 Å². The summed E-state index contributed by atoms with van der Waals surface area (Å²) >= 11 is 0. The largest absolute Gasteiger partial charge is 0.382 e. The van der Waals surface area contributed by atoms with Gasteiger partial charge in [0, 0.05) is 25.2 Å². The number of carbonyl (C=O) groups excluding carboxylic acids is 1. The van der Waals surface area contributed by atoms with Crippen molar-refractivity contribution in [2.45, 2.75) is 31.7 Å². The van der Waals surface area contributed by atoms with Crippen molar-refractivity contribution in [1.82, 2.24) is 20.0 Å². The molecule has 0 radical (unpaired) electrons. The van der Waals surface area contributed by atoms with Crippen LogP contribution in [-0.2, 0) is 0 Å². The van der Waals surface area contributed by atoms with Gasteiger partial charge in [-0.25, -0.2) is 0 Å². The highest BCUT2D eigenvalue weighted by Crippen LogP contribution is 2.24. The van der Waals surface area contributed by atoms with Gasteiger partial charge in [0.2, 0.25) is 0 Å². The van der Waals surface area contributed by atoms with Crippen molar-refractivity contribution in [1.29, 1.82) is 0 Å². The minimum atomic E-state index is 0.0120. The van der Waals surface area contributed by atoms with E-state index < -0.39 is 0 Å². The number of likely N-dealkylation sites (N-methyl/N-ethyl adjacent to an activating group) is 1. The Morgan fingerprint density at radius 1 is 1.42 bits per heavy atom. The Labute approximate surface area is 113 Å². The van der Waals surface area contributed by atoms with E-state index in [0.717, 1.165) is 25.9 Å². The molecule has 1 aliphatic carbocycles. The van der Waals surface area contributed by atoms with Crippen LogP contribution in [0.3, 0.4) is 0 Å². The summed E-state index contributed by atoms with van der Waals surface area (Å²) in [5.74, 6) is 0.375. The molecule has 106 valence electrons. The molecule has 1 fully saturated rings. The number of nitrogens with one attached hydrogen (secondary N) is 1. The number of aromatic nitrogens is 2. The summed E-state index contributed by atoms with van der Waals surface area (Å²) in [4.78, 5) is 16.6. The Kier molecular flexibility index (Phi) is 4.42. The molecule has 3 N–H and O–H groups in total. The summed E-state index contributed by atoms with van der Waals surface area (Å²) in [6.07, 6.45) is 4.62. The van der Waals surface area contributed by atoms with Crippen LogP contribution in [0.15, 0.2) is 6.07 Å². The van der Waals surface area contributed by atoms with Crippen LogP contribution >= 0.6 is 0 Å². The van der Waals surface area contributed by atoms with Crippen molar-refractivity contribution in [2.75, 3.05) is 32.9 Å². The maximum atomic E-state index is 12.5. The molecule has 1 saturated carbocycles. The summed E-state index contributed by atoms with van der Waals surface area (Å²) in [6.45, 7) is 1.61. The van der Waals surface area contributed by atoms with Crippen LogP contribution in [0.5, 0.6) is 0 Å². The number of amides is 1. The first kappa shape index (κ1) is 13.9. The predicted molar refractivity (Wildman–Crippen MR) is 74.8 cm³/mol. The number of nitrogen functional groups attached to an aromatic ring is 1. The molecule has 19 heavy (non-hydrogen) atoms. The lowest BCUT2D eigenvalue weighted by Gasteiger charge is -2.29. The number of rotatable bonds is 5. The number of anilines is 1. The highest BCUT2D eigenvalue weighted by atomic mass is 16.2. The lowest BCUT2D eigenvalue weighted by molar-refractivity contribution is 0.0661. The van der Waals surface area contributed by atoms with Gasteiger partial charge in [-0.2, -0.15) is 5.10 Å². The minimum Gasteiger partial charge on any atom is -0.382 e. The van der Waals surface area contributed by atoms with Gasteiger partial charge < -0.3 is 15.5 Å². The zero-order chi connectivity index (χ0) is 13.8. The molecule has 1 heterocycles. The normalized spacial score (nSPS) is 16.2. The first-order chi connectivity index (χ1) is 9.08. The van der Waals surface area contributed by atoms with Crippen LogP contribution in [0.25, 0.3) is 0 Å². The maximum absolute atomic E-state index is 12.5. The van der Waals surface area contributed by atoms with E-state index in [9.17, 15) is 4.79 Å². The van der Waals surface area contributed by atoms with Gasteiger partial charge in [0.05, 0.1) is 0 Å². The summed E-state index contributed by atoms with van der Waals surface area (Å²) in [7, 11) is 4.04. The molecule has 1 aromatic rings. The maximum Gasteiger partial charge on any atom is 0.272 e. The average molecular weight is 265 g/mol. The number of nitrogens with two attached hydrogens (primary N) is 1. The van der Waals surface area contributed by atoms with E-state index in [-0.39, 0.29) is 5.91 Å². The van der Waals surface area contributed by atoms with E-state index in [1.165, 1.54) is 12.8 Å². The second-order valence-electron chi connectivity index (χ2n) is 5.45. The van der Waals surface area contributed by atoms with E-state index >= 15 is 0 Å². The molecular weight excluding hydrogens is 242 g/mol. The first-order valence-corrected chi connectivity index (χ1v) is 6.84. The number of carbonyl (C=O) groups is 1. The van der Waals surface area contributed by atoms with Gasteiger partial charge in [0.15, 0.2) is 0 Å². The van der Waals surface area contributed by atoms with Crippen LogP contribution in [0.1, 0.15) is 36.2 Å². The Morgan fingerprint density at radius 2 is 2.11 bits per heavy atom. The van der Waals surface area contributed by atoms with Gasteiger partial charge in [-0.15, -0.1) is 0 Å². The fourth-order valence-corrected chi connectivity index (χ4v) is 2.58. The fraction of sp³-hybridized carbons (Fsp3) is 0.692. The Hall–Kier alpha value is -1.56. The molecule has 0 unspecified atom stereocenters. The Morgan fingerprint density at radius 3 is 2.63 bits per heavy atom. The molecule has 0 aliphatic heterocycles. The SMILES string of the molecule is CN(C)CCN(C(=O)c1cc(N)n[nH]1)C1CCCC1. The third-order valence-electron chi connectivity index (χ3n) is 3.64. The van der Waals surface area contributed by atoms with Crippen molar-refractivity contribution < 1.29 is 4.79 Å². The minimum absolute atomic E-state index is 0.0120. The lowest BCUT2D eigenvalue weighted by atomic mass is 10.2. The Bertz CT molecular complexity index is 422. The number of hydrogen-bond acceptors (Lipinski definition) is 4. The van der Waals surface area contributed by atoms with Crippen LogP contribution in [0, 0.1) is 0 Å². The number of aromatic amines is 1. The van der Waals surface area contributed by atoms with Gasteiger partial charge in [-0.3, -0.25) is 9.89 Å². The average Bonchev–Trinajstić information content (AvgIpc) is 3.00. The van der Waals surface area contributed by atoms with Crippen molar-refractivity contribution in [3.63, 3.8) is 0 Å².